The van der Waals surface area contributed by atoms with Gasteiger partial charge < -0.3 is 19.6 Å². The van der Waals surface area contributed by atoms with Gasteiger partial charge in [-0.3, -0.25) is 14.4 Å². The number of carbonyl (C=O) groups excluding carboxylic acids is 3. The molecule has 0 aromatic carbocycles. The van der Waals surface area contributed by atoms with Crippen molar-refractivity contribution in [2.75, 3.05) is 26.3 Å². The first kappa shape index (κ1) is 24.3. The van der Waals surface area contributed by atoms with Crippen molar-refractivity contribution >= 4 is 45.5 Å². The van der Waals surface area contributed by atoms with Gasteiger partial charge in [-0.05, 0) is 26.7 Å². The average Bonchev–Trinajstić information content (AvgIpc) is 3.30. The van der Waals surface area contributed by atoms with E-state index in [0.29, 0.717) is 19.4 Å². The van der Waals surface area contributed by atoms with Gasteiger partial charge in [0.2, 0.25) is 11.8 Å². The number of carbonyl (C=O) groups is 3. The first-order chi connectivity index (χ1) is 14.7. The van der Waals surface area contributed by atoms with E-state index in [4.69, 9.17) is 4.74 Å². The number of amides is 2. The minimum Gasteiger partial charge on any atom is -0.465 e. The summed E-state index contributed by atoms with van der Waals surface area (Å²) in [7, 11) is 0. The molecule has 9 heteroatoms. The standard InChI is InChI=1S/C22H31BrN2O5S/c1-5-7-11-30-21(29)15-16-19(27)25(9-10-26)18(20(28)24(8-6-2)13(3)4)22(16)12-14(23)17(15)31-22/h5-6,13-18,26H,1-2,7-12H2,3-4H3/t14?,15-,16+,17-,18?,22?/m1/s1. The normalized spacial score (nSPS) is 33.5. The predicted molar refractivity (Wildman–Crippen MR) is 124 cm³/mol. The number of β-amino-alcohol motifs (C(OH)–C–C–N with tert-alkyl or cyclic N) is 1. The van der Waals surface area contributed by atoms with Crippen LogP contribution >= 0.6 is 27.7 Å². The van der Waals surface area contributed by atoms with Crippen molar-refractivity contribution in [2.24, 2.45) is 11.8 Å². The van der Waals surface area contributed by atoms with Crippen LogP contribution in [0.15, 0.2) is 25.3 Å². The van der Waals surface area contributed by atoms with E-state index in [1.54, 1.807) is 28.8 Å². The number of fused-ring (bicyclic) bond motifs is 1. The van der Waals surface area contributed by atoms with Gasteiger partial charge in [-0.25, -0.2) is 0 Å². The molecule has 0 aliphatic carbocycles. The summed E-state index contributed by atoms with van der Waals surface area (Å²) in [5, 5.41) is 9.51. The van der Waals surface area contributed by atoms with E-state index in [1.165, 1.54) is 4.90 Å². The lowest BCUT2D eigenvalue weighted by atomic mass is 9.71. The molecule has 7 nitrogen and oxygen atoms in total. The maximum Gasteiger partial charge on any atom is 0.310 e. The molecule has 3 fully saturated rings. The van der Waals surface area contributed by atoms with Crippen LogP contribution in [0.1, 0.15) is 26.7 Å². The van der Waals surface area contributed by atoms with Crippen LogP contribution in [-0.4, -0.2) is 85.9 Å². The van der Waals surface area contributed by atoms with Crippen molar-refractivity contribution < 1.29 is 24.2 Å². The van der Waals surface area contributed by atoms with Gasteiger partial charge in [0.05, 0.1) is 29.8 Å². The highest BCUT2D eigenvalue weighted by Gasteiger charge is 2.76. The summed E-state index contributed by atoms with van der Waals surface area (Å²) in [6.45, 7) is 11.7. The fourth-order valence-electron chi connectivity index (χ4n) is 5.22. The van der Waals surface area contributed by atoms with Crippen LogP contribution < -0.4 is 0 Å². The number of likely N-dealkylation sites (tertiary alicyclic amines) is 1. The van der Waals surface area contributed by atoms with Gasteiger partial charge in [-0.2, -0.15) is 0 Å². The highest BCUT2D eigenvalue weighted by atomic mass is 79.9. The fourth-order valence-corrected chi connectivity index (χ4v) is 8.81. The van der Waals surface area contributed by atoms with Gasteiger partial charge in [-0.1, -0.05) is 28.1 Å². The second kappa shape index (κ2) is 9.67. The zero-order chi connectivity index (χ0) is 22.9. The molecule has 0 aromatic heterocycles. The second-order valence-electron chi connectivity index (χ2n) is 8.54. The summed E-state index contributed by atoms with van der Waals surface area (Å²) in [5.74, 6) is -2.05. The maximum atomic E-state index is 13.8. The van der Waals surface area contributed by atoms with Crippen molar-refractivity contribution in [2.45, 2.75) is 53.6 Å². The van der Waals surface area contributed by atoms with Crippen LogP contribution in [0, 0.1) is 11.8 Å². The van der Waals surface area contributed by atoms with Crippen LogP contribution in [0.2, 0.25) is 0 Å². The molecule has 3 saturated heterocycles. The molecule has 2 amide bonds. The lowest BCUT2D eigenvalue weighted by Crippen LogP contribution is -2.57. The number of hydrogen-bond donors (Lipinski definition) is 1. The molecule has 0 aromatic rings. The Morgan fingerprint density at radius 3 is 2.71 bits per heavy atom. The molecule has 0 radical (unpaired) electrons. The number of nitrogens with zero attached hydrogens (tertiary/aromatic N) is 2. The molecule has 3 unspecified atom stereocenters. The highest BCUT2D eigenvalue weighted by Crippen LogP contribution is 2.68. The first-order valence-electron chi connectivity index (χ1n) is 10.7. The van der Waals surface area contributed by atoms with Crippen LogP contribution in [0.5, 0.6) is 0 Å². The van der Waals surface area contributed by atoms with E-state index in [1.807, 2.05) is 13.8 Å². The molecular formula is C22H31BrN2O5S. The van der Waals surface area contributed by atoms with E-state index < -0.39 is 28.6 Å². The second-order valence-corrected chi connectivity index (χ2v) is 11.3. The third-order valence-electron chi connectivity index (χ3n) is 6.43. The number of thioether (sulfide) groups is 1. The van der Waals surface area contributed by atoms with Gasteiger partial charge in [0, 0.05) is 29.2 Å². The molecule has 31 heavy (non-hydrogen) atoms. The van der Waals surface area contributed by atoms with Gasteiger partial charge in [-0.15, -0.1) is 24.9 Å². The minimum atomic E-state index is -0.736. The summed E-state index contributed by atoms with van der Waals surface area (Å²) in [5.41, 5.74) is 0. The van der Waals surface area contributed by atoms with E-state index >= 15 is 0 Å². The Kier molecular flexibility index (Phi) is 7.58. The van der Waals surface area contributed by atoms with Crippen LogP contribution in [0.3, 0.4) is 0 Å². The molecule has 6 atom stereocenters. The van der Waals surface area contributed by atoms with E-state index in [2.05, 4.69) is 29.1 Å². The molecule has 3 aliphatic rings. The molecule has 3 heterocycles. The van der Waals surface area contributed by atoms with Crippen LogP contribution in [0.4, 0.5) is 0 Å². The van der Waals surface area contributed by atoms with Crippen LogP contribution in [0.25, 0.3) is 0 Å². The molecular weight excluding hydrogens is 484 g/mol. The van der Waals surface area contributed by atoms with Gasteiger partial charge in [0.25, 0.3) is 0 Å². The number of alkyl halides is 1. The number of aliphatic hydroxyl groups is 1. The summed E-state index contributed by atoms with van der Waals surface area (Å²) < 4.78 is 4.74. The summed E-state index contributed by atoms with van der Waals surface area (Å²) in [6.07, 6.45) is 4.50. The monoisotopic (exact) mass is 514 g/mol. The predicted octanol–water partition coefficient (Wildman–Crippen LogP) is 1.99. The largest absolute Gasteiger partial charge is 0.465 e. The molecule has 3 rings (SSSR count). The molecule has 172 valence electrons. The Morgan fingerprint density at radius 1 is 1.42 bits per heavy atom. The number of ether oxygens (including phenoxy) is 1. The third-order valence-corrected chi connectivity index (χ3v) is 9.65. The Bertz CT molecular complexity index is 762. The topological polar surface area (TPSA) is 87.2 Å². The minimum absolute atomic E-state index is 0.00483. The van der Waals surface area contributed by atoms with E-state index in [0.717, 1.165) is 0 Å². The van der Waals surface area contributed by atoms with Gasteiger partial charge in [0.15, 0.2) is 0 Å². The van der Waals surface area contributed by atoms with Crippen molar-refractivity contribution in [3.8, 4) is 0 Å². The lowest BCUT2D eigenvalue weighted by Gasteiger charge is -2.38. The van der Waals surface area contributed by atoms with Crippen LogP contribution in [-0.2, 0) is 19.1 Å². The van der Waals surface area contributed by atoms with Crippen molar-refractivity contribution in [1.29, 1.82) is 0 Å². The third kappa shape index (κ3) is 3.97. The Morgan fingerprint density at radius 2 is 2.13 bits per heavy atom. The van der Waals surface area contributed by atoms with E-state index in [-0.39, 0.29) is 47.7 Å². The molecule has 1 N–H and O–H groups in total. The zero-order valence-corrected chi connectivity index (χ0v) is 20.4. The molecule has 2 bridgehead atoms. The Balaban J connectivity index is 2.00. The Hall–Kier alpha value is -1.32. The molecule has 0 saturated carbocycles. The number of hydrogen-bond acceptors (Lipinski definition) is 6. The first-order valence-corrected chi connectivity index (χ1v) is 12.5. The van der Waals surface area contributed by atoms with Gasteiger partial charge >= 0.3 is 5.97 Å². The Labute approximate surface area is 196 Å². The summed E-state index contributed by atoms with van der Waals surface area (Å²) in [6, 6.07) is -0.810. The number of rotatable bonds is 10. The maximum absolute atomic E-state index is 13.8. The molecule has 3 aliphatic heterocycles. The SMILES string of the molecule is C=CCCOC(=O)[C@H]1[C@@H]2SC3(CC2Br)C(C(=O)N(CC=C)C(C)C)N(CCO)C(=O)[C@H]13. The van der Waals surface area contributed by atoms with Crippen molar-refractivity contribution in [1.82, 2.24) is 9.80 Å². The zero-order valence-electron chi connectivity index (χ0n) is 18.0. The average molecular weight is 515 g/mol. The quantitative estimate of drug-likeness (QED) is 0.207. The highest BCUT2D eigenvalue weighted by molar-refractivity contribution is 9.09. The van der Waals surface area contributed by atoms with E-state index in [9.17, 15) is 19.5 Å². The van der Waals surface area contributed by atoms with Gasteiger partial charge in [0.1, 0.15) is 6.04 Å². The fraction of sp³-hybridized carbons (Fsp3) is 0.682. The summed E-state index contributed by atoms with van der Waals surface area (Å²) in [4.78, 5) is 43.5. The summed E-state index contributed by atoms with van der Waals surface area (Å²) >= 11 is 5.27. The van der Waals surface area contributed by atoms with Crippen molar-refractivity contribution in [3.63, 3.8) is 0 Å². The lowest BCUT2D eigenvalue weighted by molar-refractivity contribution is -0.154. The number of halogens is 1. The smallest absolute Gasteiger partial charge is 0.310 e. The number of aliphatic hydroxyl groups excluding tert-OH is 1. The number of esters is 1. The molecule has 1 spiro atoms. The van der Waals surface area contributed by atoms with Crippen molar-refractivity contribution in [3.05, 3.63) is 25.3 Å².